The van der Waals surface area contributed by atoms with Crippen LogP contribution >= 0.6 is 0 Å². The van der Waals surface area contributed by atoms with Crippen molar-refractivity contribution >= 4 is 23.0 Å². The highest BCUT2D eigenvalue weighted by Gasteiger charge is 2.24. The predicted octanol–water partition coefficient (Wildman–Crippen LogP) is 3.65. The fourth-order valence-electron chi connectivity index (χ4n) is 2.22. The molecule has 2 rings (SSSR count). The highest BCUT2D eigenvalue weighted by atomic mass is 16.6. The average molecular weight is 286 g/mol. The van der Waals surface area contributed by atoms with Gasteiger partial charge < -0.3 is 10.4 Å². The molecule has 0 bridgehead atoms. The first-order valence-electron chi connectivity index (χ1n) is 6.24. The van der Waals surface area contributed by atoms with E-state index in [2.05, 4.69) is 5.32 Å². The minimum absolute atomic E-state index is 0.157. The van der Waals surface area contributed by atoms with E-state index in [1.54, 1.807) is 0 Å². The summed E-state index contributed by atoms with van der Waals surface area (Å²) in [7, 11) is 0. The molecule has 6 nitrogen and oxygen atoms in total. The van der Waals surface area contributed by atoms with E-state index in [1.807, 2.05) is 32.0 Å². The summed E-state index contributed by atoms with van der Waals surface area (Å²) in [6.07, 6.45) is 0. The van der Waals surface area contributed by atoms with E-state index >= 15 is 0 Å². The van der Waals surface area contributed by atoms with Crippen LogP contribution < -0.4 is 5.32 Å². The second kappa shape index (κ2) is 5.62. The molecule has 0 heterocycles. The van der Waals surface area contributed by atoms with Crippen molar-refractivity contribution in [2.75, 3.05) is 5.32 Å². The maximum absolute atomic E-state index is 11.2. The van der Waals surface area contributed by atoms with Gasteiger partial charge >= 0.3 is 11.7 Å². The molecule has 108 valence electrons. The smallest absolute Gasteiger partial charge is 0.342 e. The number of aryl methyl sites for hydroxylation is 2. The summed E-state index contributed by atoms with van der Waals surface area (Å²) >= 11 is 0. The number of hydrogen-bond donors (Lipinski definition) is 2. The molecule has 0 unspecified atom stereocenters. The maximum atomic E-state index is 11.2. The molecule has 0 aliphatic carbocycles. The number of carboxylic acids is 1. The Morgan fingerprint density at radius 1 is 1.19 bits per heavy atom. The van der Waals surface area contributed by atoms with Gasteiger partial charge in [-0.2, -0.15) is 0 Å². The minimum Gasteiger partial charge on any atom is -0.477 e. The van der Waals surface area contributed by atoms with Crippen molar-refractivity contribution in [3.63, 3.8) is 0 Å². The molecule has 0 atom stereocenters. The van der Waals surface area contributed by atoms with Gasteiger partial charge in [0.2, 0.25) is 0 Å². The third-order valence-electron chi connectivity index (χ3n) is 2.95. The summed E-state index contributed by atoms with van der Waals surface area (Å²) in [6, 6.07) is 9.83. The van der Waals surface area contributed by atoms with E-state index in [9.17, 15) is 14.9 Å². The summed E-state index contributed by atoms with van der Waals surface area (Å²) in [4.78, 5) is 21.6. The summed E-state index contributed by atoms with van der Waals surface area (Å²) in [5.74, 6) is -1.33. The monoisotopic (exact) mass is 286 g/mol. The summed E-state index contributed by atoms with van der Waals surface area (Å²) in [6.45, 7) is 3.83. The standard InChI is InChI=1S/C15H14N2O4/c1-9-6-10(2)8-11(7-9)16-13-5-3-4-12(15(18)19)14(13)17(20)21/h3-8,16H,1-2H3,(H,18,19). The van der Waals surface area contributed by atoms with E-state index in [-0.39, 0.29) is 11.3 Å². The highest BCUT2D eigenvalue weighted by molar-refractivity contribution is 5.96. The zero-order valence-corrected chi connectivity index (χ0v) is 11.6. The Morgan fingerprint density at radius 3 is 2.33 bits per heavy atom. The molecule has 0 saturated carbocycles. The summed E-state index contributed by atoms with van der Waals surface area (Å²) < 4.78 is 0. The largest absolute Gasteiger partial charge is 0.477 e. The molecule has 2 aromatic carbocycles. The molecule has 0 amide bonds. The number of nitro benzene ring substituents is 1. The van der Waals surface area contributed by atoms with Crippen LogP contribution in [-0.2, 0) is 0 Å². The molecular formula is C15H14N2O4. The number of nitro groups is 1. The number of aromatic carboxylic acids is 1. The third-order valence-corrected chi connectivity index (χ3v) is 2.95. The molecule has 0 fully saturated rings. The normalized spacial score (nSPS) is 10.2. The molecule has 0 aliphatic heterocycles. The molecule has 0 aromatic heterocycles. The topological polar surface area (TPSA) is 92.5 Å². The highest BCUT2D eigenvalue weighted by Crippen LogP contribution is 2.31. The van der Waals surface area contributed by atoms with Crippen LogP contribution in [0.5, 0.6) is 0 Å². The molecule has 2 N–H and O–H groups in total. The second-order valence-electron chi connectivity index (χ2n) is 4.77. The van der Waals surface area contributed by atoms with Gasteiger partial charge in [0.05, 0.1) is 4.92 Å². The third kappa shape index (κ3) is 3.17. The number of hydrogen-bond acceptors (Lipinski definition) is 4. The van der Waals surface area contributed by atoms with Crippen LogP contribution in [-0.4, -0.2) is 16.0 Å². The zero-order valence-electron chi connectivity index (χ0n) is 11.6. The van der Waals surface area contributed by atoms with Crippen molar-refractivity contribution in [3.05, 3.63) is 63.2 Å². The van der Waals surface area contributed by atoms with Gasteiger partial charge in [-0.05, 0) is 49.2 Å². The number of anilines is 2. The van der Waals surface area contributed by atoms with Gasteiger partial charge in [0.25, 0.3) is 0 Å². The lowest BCUT2D eigenvalue weighted by Crippen LogP contribution is -2.05. The molecule has 6 heteroatoms. The fourth-order valence-corrected chi connectivity index (χ4v) is 2.22. The van der Waals surface area contributed by atoms with E-state index in [4.69, 9.17) is 5.11 Å². The predicted molar refractivity (Wildman–Crippen MR) is 79.3 cm³/mol. The lowest BCUT2D eigenvalue weighted by molar-refractivity contribution is -0.384. The van der Waals surface area contributed by atoms with Gasteiger partial charge in [-0.15, -0.1) is 0 Å². The Bertz CT molecular complexity index is 705. The summed E-state index contributed by atoms with van der Waals surface area (Å²) in [5.41, 5.74) is 2.07. The lowest BCUT2D eigenvalue weighted by atomic mass is 10.1. The van der Waals surface area contributed by atoms with Crippen LogP contribution in [0.15, 0.2) is 36.4 Å². The Balaban J connectivity index is 2.51. The second-order valence-corrected chi connectivity index (χ2v) is 4.77. The van der Waals surface area contributed by atoms with Crippen molar-refractivity contribution < 1.29 is 14.8 Å². The number of para-hydroxylation sites is 1. The van der Waals surface area contributed by atoms with E-state index in [0.717, 1.165) is 11.1 Å². The van der Waals surface area contributed by atoms with Crippen molar-refractivity contribution in [1.29, 1.82) is 0 Å². The van der Waals surface area contributed by atoms with Crippen molar-refractivity contribution in [2.24, 2.45) is 0 Å². The van der Waals surface area contributed by atoms with Gasteiger partial charge in [-0.3, -0.25) is 10.1 Å². The SMILES string of the molecule is Cc1cc(C)cc(Nc2cccc(C(=O)O)c2[N+](=O)[O-])c1. The quantitative estimate of drug-likeness (QED) is 0.661. The molecule has 0 radical (unpaired) electrons. The van der Waals surface area contributed by atoms with Crippen LogP contribution in [0.3, 0.4) is 0 Å². The average Bonchev–Trinajstić information content (AvgIpc) is 2.36. The van der Waals surface area contributed by atoms with Gasteiger partial charge in [0, 0.05) is 5.69 Å². The van der Waals surface area contributed by atoms with Crippen molar-refractivity contribution in [2.45, 2.75) is 13.8 Å². The number of nitrogens with zero attached hydrogens (tertiary/aromatic N) is 1. The van der Waals surface area contributed by atoms with Crippen molar-refractivity contribution in [1.82, 2.24) is 0 Å². The van der Waals surface area contributed by atoms with E-state index < -0.39 is 16.6 Å². The van der Waals surface area contributed by atoms with Crippen LogP contribution in [0.2, 0.25) is 0 Å². The number of benzene rings is 2. The Labute approximate surface area is 121 Å². The van der Waals surface area contributed by atoms with Crippen LogP contribution in [0.25, 0.3) is 0 Å². The zero-order chi connectivity index (χ0) is 15.6. The number of nitrogens with one attached hydrogen (secondary N) is 1. The first-order chi connectivity index (χ1) is 9.88. The molecule has 0 aliphatic rings. The van der Waals surface area contributed by atoms with Gasteiger partial charge in [0.15, 0.2) is 0 Å². The van der Waals surface area contributed by atoms with Gasteiger partial charge in [0.1, 0.15) is 11.3 Å². The fraction of sp³-hybridized carbons (Fsp3) is 0.133. The van der Waals surface area contributed by atoms with Crippen LogP contribution in [0.1, 0.15) is 21.5 Å². The van der Waals surface area contributed by atoms with Crippen LogP contribution in [0.4, 0.5) is 17.1 Å². The van der Waals surface area contributed by atoms with Crippen molar-refractivity contribution in [3.8, 4) is 0 Å². The molecule has 21 heavy (non-hydrogen) atoms. The molecule has 0 spiro atoms. The minimum atomic E-state index is -1.33. The first kappa shape index (κ1) is 14.5. The molecular weight excluding hydrogens is 272 g/mol. The first-order valence-corrected chi connectivity index (χ1v) is 6.24. The number of carbonyl (C=O) groups is 1. The van der Waals surface area contributed by atoms with Gasteiger partial charge in [-0.1, -0.05) is 12.1 Å². The van der Waals surface area contributed by atoms with Crippen LogP contribution in [0, 0.1) is 24.0 Å². The Kier molecular flexibility index (Phi) is 3.89. The Morgan fingerprint density at radius 2 is 1.81 bits per heavy atom. The lowest BCUT2D eigenvalue weighted by Gasteiger charge is -2.10. The molecule has 0 saturated heterocycles. The molecule has 2 aromatic rings. The Hall–Kier alpha value is -2.89. The van der Waals surface area contributed by atoms with Gasteiger partial charge in [-0.25, -0.2) is 4.79 Å². The van der Waals surface area contributed by atoms with E-state index in [1.165, 1.54) is 18.2 Å². The maximum Gasteiger partial charge on any atom is 0.342 e. The van der Waals surface area contributed by atoms with E-state index in [0.29, 0.717) is 5.69 Å². The number of rotatable bonds is 4. The number of carboxylic acid groups (broad SMARTS) is 1. The summed E-state index contributed by atoms with van der Waals surface area (Å²) in [5, 5.41) is 23.2.